The molecule has 1 heterocycles. The molecule has 1 aromatic heterocycles. The minimum Gasteiger partial charge on any atom is -0.308 e. The van der Waals surface area contributed by atoms with Crippen molar-refractivity contribution >= 4 is 11.3 Å². The average molecular weight is 227 g/mol. The maximum atomic E-state index is 4.29. The van der Waals surface area contributed by atoms with Gasteiger partial charge in [0.25, 0.3) is 0 Å². The van der Waals surface area contributed by atoms with E-state index in [1.807, 2.05) is 5.51 Å². The molecule has 0 spiro atoms. The van der Waals surface area contributed by atoms with Crippen LogP contribution in [0.5, 0.6) is 0 Å². The fraction of sp³-hybridized carbons (Fsp3) is 0.727. The van der Waals surface area contributed by atoms with E-state index in [1.165, 1.54) is 0 Å². The highest BCUT2D eigenvalue weighted by molar-refractivity contribution is 7.07. The summed E-state index contributed by atoms with van der Waals surface area (Å²) in [6.45, 7) is 8.66. The van der Waals surface area contributed by atoms with Gasteiger partial charge in [0, 0.05) is 30.6 Å². The first-order chi connectivity index (χ1) is 7.11. The normalized spacial score (nSPS) is 13.7. The van der Waals surface area contributed by atoms with Crippen LogP contribution in [0.4, 0.5) is 0 Å². The second-order valence-electron chi connectivity index (χ2n) is 4.16. The Morgan fingerprint density at radius 3 is 2.73 bits per heavy atom. The zero-order chi connectivity index (χ0) is 11.3. The first-order valence-electron chi connectivity index (χ1n) is 5.43. The van der Waals surface area contributed by atoms with Crippen LogP contribution < -0.4 is 5.32 Å². The summed E-state index contributed by atoms with van der Waals surface area (Å²) in [5.41, 5.74) is 3.03. The van der Waals surface area contributed by atoms with Gasteiger partial charge < -0.3 is 10.2 Å². The first-order valence-corrected chi connectivity index (χ1v) is 6.37. The smallest absolute Gasteiger partial charge is 0.0795 e. The van der Waals surface area contributed by atoms with Crippen molar-refractivity contribution in [3.63, 3.8) is 0 Å². The van der Waals surface area contributed by atoms with Crippen LogP contribution in [0, 0.1) is 0 Å². The third-order valence-corrected chi connectivity index (χ3v) is 3.30. The molecule has 0 bridgehead atoms. The Morgan fingerprint density at radius 2 is 2.20 bits per heavy atom. The van der Waals surface area contributed by atoms with E-state index in [9.17, 15) is 0 Å². The standard InChI is InChI=1S/C11H21N3S/c1-9(2)14(4)6-5-12-10(3)11-7-15-8-13-11/h7-10,12H,5-6H2,1-4H3. The van der Waals surface area contributed by atoms with E-state index in [0.717, 1.165) is 18.8 Å². The first kappa shape index (κ1) is 12.6. The van der Waals surface area contributed by atoms with Gasteiger partial charge in [0.2, 0.25) is 0 Å². The van der Waals surface area contributed by atoms with Crippen molar-refractivity contribution in [2.45, 2.75) is 32.9 Å². The van der Waals surface area contributed by atoms with Crippen LogP contribution in [-0.2, 0) is 0 Å². The monoisotopic (exact) mass is 227 g/mol. The number of likely N-dealkylation sites (N-methyl/N-ethyl adjacent to an activating group) is 1. The maximum absolute atomic E-state index is 4.29. The highest BCUT2D eigenvalue weighted by Crippen LogP contribution is 2.11. The minimum absolute atomic E-state index is 0.358. The van der Waals surface area contributed by atoms with Crippen LogP contribution in [-0.4, -0.2) is 36.1 Å². The van der Waals surface area contributed by atoms with Crippen molar-refractivity contribution in [1.82, 2.24) is 15.2 Å². The van der Waals surface area contributed by atoms with Crippen molar-refractivity contribution in [2.75, 3.05) is 20.1 Å². The predicted octanol–water partition coefficient (Wildman–Crippen LogP) is 2.13. The number of nitrogens with one attached hydrogen (secondary N) is 1. The molecule has 0 amide bonds. The third kappa shape index (κ3) is 4.28. The SMILES string of the molecule is CC(NCCN(C)C(C)C)c1cscn1. The molecule has 0 aliphatic rings. The average Bonchev–Trinajstić information content (AvgIpc) is 2.70. The largest absolute Gasteiger partial charge is 0.308 e. The second kappa shape index (κ2) is 6.20. The molecular weight excluding hydrogens is 206 g/mol. The van der Waals surface area contributed by atoms with E-state index in [-0.39, 0.29) is 0 Å². The Morgan fingerprint density at radius 1 is 1.47 bits per heavy atom. The van der Waals surface area contributed by atoms with Crippen LogP contribution in [0.15, 0.2) is 10.9 Å². The highest BCUT2D eigenvalue weighted by Gasteiger charge is 2.07. The predicted molar refractivity (Wildman–Crippen MR) is 66.3 cm³/mol. The molecular formula is C11H21N3S. The molecule has 0 saturated carbocycles. The van der Waals surface area contributed by atoms with Crippen LogP contribution in [0.25, 0.3) is 0 Å². The van der Waals surface area contributed by atoms with Crippen molar-refractivity contribution in [2.24, 2.45) is 0 Å². The molecule has 0 aliphatic heterocycles. The van der Waals surface area contributed by atoms with Crippen molar-refractivity contribution in [1.29, 1.82) is 0 Å². The summed E-state index contributed by atoms with van der Waals surface area (Å²) in [6, 6.07) is 0.971. The van der Waals surface area contributed by atoms with Crippen LogP contribution >= 0.6 is 11.3 Å². The van der Waals surface area contributed by atoms with Crippen LogP contribution in [0.3, 0.4) is 0 Å². The number of rotatable bonds is 6. The molecule has 1 aromatic rings. The van der Waals surface area contributed by atoms with Crippen LogP contribution in [0.2, 0.25) is 0 Å². The molecule has 0 fully saturated rings. The van der Waals surface area contributed by atoms with Gasteiger partial charge in [-0.25, -0.2) is 4.98 Å². The lowest BCUT2D eigenvalue weighted by Gasteiger charge is -2.22. The quantitative estimate of drug-likeness (QED) is 0.807. The summed E-state index contributed by atoms with van der Waals surface area (Å²) in [6.07, 6.45) is 0. The Hall–Kier alpha value is -0.450. The van der Waals surface area contributed by atoms with E-state index in [0.29, 0.717) is 12.1 Å². The Bertz CT molecular complexity index is 259. The van der Waals surface area contributed by atoms with Gasteiger partial charge in [0.1, 0.15) is 0 Å². The Balaban J connectivity index is 2.21. The Labute approximate surface area is 96.5 Å². The second-order valence-corrected chi connectivity index (χ2v) is 4.88. The Kier molecular flexibility index (Phi) is 5.22. The zero-order valence-electron chi connectivity index (χ0n) is 10.0. The minimum atomic E-state index is 0.358. The van der Waals surface area contributed by atoms with E-state index < -0.39 is 0 Å². The van der Waals surface area contributed by atoms with Gasteiger partial charge in [0.05, 0.1) is 11.2 Å². The van der Waals surface area contributed by atoms with Crippen molar-refractivity contribution in [3.05, 3.63) is 16.6 Å². The molecule has 15 heavy (non-hydrogen) atoms. The topological polar surface area (TPSA) is 28.2 Å². The van der Waals surface area contributed by atoms with Gasteiger partial charge in [-0.2, -0.15) is 0 Å². The summed E-state index contributed by atoms with van der Waals surface area (Å²) >= 11 is 1.65. The molecule has 0 radical (unpaired) electrons. The van der Waals surface area contributed by atoms with E-state index >= 15 is 0 Å². The number of hydrogen-bond acceptors (Lipinski definition) is 4. The number of hydrogen-bond donors (Lipinski definition) is 1. The summed E-state index contributed by atoms with van der Waals surface area (Å²) < 4.78 is 0. The lowest BCUT2D eigenvalue weighted by molar-refractivity contribution is 0.270. The lowest BCUT2D eigenvalue weighted by Crippen LogP contribution is -2.34. The van der Waals surface area contributed by atoms with Gasteiger partial charge in [-0.1, -0.05) is 0 Å². The fourth-order valence-corrected chi connectivity index (χ4v) is 1.90. The molecule has 1 atom stereocenters. The van der Waals surface area contributed by atoms with E-state index in [1.54, 1.807) is 11.3 Å². The molecule has 1 rings (SSSR count). The molecule has 0 aromatic carbocycles. The molecule has 1 N–H and O–H groups in total. The molecule has 3 nitrogen and oxygen atoms in total. The van der Waals surface area contributed by atoms with Crippen molar-refractivity contribution in [3.8, 4) is 0 Å². The zero-order valence-corrected chi connectivity index (χ0v) is 10.8. The molecule has 0 saturated heterocycles. The van der Waals surface area contributed by atoms with Gasteiger partial charge in [-0.05, 0) is 27.8 Å². The third-order valence-electron chi connectivity index (χ3n) is 2.69. The van der Waals surface area contributed by atoms with E-state index in [2.05, 4.69) is 48.4 Å². The molecule has 1 unspecified atom stereocenters. The highest BCUT2D eigenvalue weighted by atomic mass is 32.1. The number of thiazole rings is 1. The van der Waals surface area contributed by atoms with Gasteiger partial charge >= 0.3 is 0 Å². The fourth-order valence-electron chi connectivity index (χ4n) is 1.26. The van der Waals surface area contributed by atoms with Gasteiger partial charge in [0.15, 0.2) is 0 Å². The van der Waals surface area contributed by atoms with Crippen molar-refractivity contribution < 1.29 is 0 Å². The summed E-state index contributed by atoms with van der Waals surface area (Å²) in [4.78, 5) is 6.63. The number of nitrogens with zero attached hydrogens (tertiary/aromatic N) is 2. The van der Waals surface area contributed by atoms with E-state index in [4.69, 9.17) is 0 Å². The van der Waals surface area contributed by atoms with Crippen LogP contribution in [0.1, 0.15) is 32.5 Å². The maximum Gasteiger partial charge on any atom is 0.0795 e. The summed E-state index contributed by atoms with van der Waals surface area (Å²) in [7, 11) is 2.15. The summed E-state index contributed by atoms with van der Waals surface area (Å²) in [5, 5.41) is 5.57. The molecule has 86 valence electrons. The summed E-state index contributed by atoms with van der Waals surface area (Å²) in [5.74, 6) is 0. The van der Waals surface area contributed by atoms with Gasteiger partial charge in [-0.15, -0.1) is 11.3 Å². The molecule has 4 heteroatoms. The lowest BCUT2D eigenvalue weighted by atomic mass is 10.2. The molecule has 0 aliphatic carbocycles. The number of aromatic nitrogens is 1. The van der Waals surface area contributed by atoms with Gasteiger partial charge in [-0.3, -0.25) is 0 Å².